The summed E-state index contributed by atoms with van der Waals surface area (Å²) in [4.78, 5) is 14.9. The van der Waals surface area contributed by atoms with Crippen molar-refractivity contribution < 1.29 is 9.90 Å². The first-order valence-electron chi connectivity index (χ1n) is 4.72. The first-order chi connectivity index (χ1) is 6.70. The van der Waals surface area contributed by atoms with E-state index in [-0.39, 0.29) is 6.04 Å². The Bertz CT molecular complexity index is 272. The van der Waals surface area contributed by atoms with Crippen LogP contribution in [-0.2, 0) is 0 Å². The zero-order valence-corrected chi connectivity index (χ0v) is 7.70. The molecule has 0 radical (unpaired) electrons. The second kappa shape index (κ2) is 3.38. The van der Waals surface area contributed by atoms with Crippen LogP contribution in [0.3, 0.4) is 0 Å². The quantitative estimate of drug-likeness (QED) is 0.392. The fourth-order valence-electron chi connectivity index (χ4n) is 2.59. The molecule has 76 valence electrons. The molecule has 2 aliphatic rings. The Labute approximate surface area is 81.1 Å². The Morgan fingerprint density at radius 3 is 2.43 bits per heavy atom. The molecule has 0 aromatic carbocycles. The normalized spacial score (nSPS) is 35.1. The van der Waals surface area contributed by atoms with Gasteiger partial charge < -0.3 is 10.0 Å². The lowest BCUT2D eigenvalue weighted by Crippen LogP contribution is -2.28. The number of hydrogen-bond donors (Lipinski definition) is 1. The van der Waals surface area contributed by atoms with Crippen LogP contribution in [0.15, 0.2) is 5.11 Å². The van der Waals surface area contributed by atoms with Gasteiger partial charge in [0.1, 0.15) is 0 Å². The Balaban J connectivity index is 1.96. The number of nitrogens with zero attached hydrogens (tertiary/aromatic N) is 4. The Kier molecular flexibility index (Phi) is 2.21. The van der Waals surface area contributed by atoms with E-state index in [1.807, 2.05) is 0 Å². The van der Waals surface area contributed by atoms with Gasteiger partial charge in [-0.05, 0) is 30.2 Å². The van der Waals surface area contributed by atoms with Gasteiger partial charge in [0.25, 0.3) is 0 Å². The van der Waals surface area contributed by atoms with Gasteiger partial charge in [-0.15, -0.1) is 0 Å². The molecule has 1 heterocycles. The van der Waals surface area contributed by atoms with Gasteiger partial charge in [-0.3, -0.25) is 0 Å². The third kappa shape index (κ3) is 1.48. The predicted molar refractivity (Wildman–Crippen MR) is 48.7 cm³/mol. The fourth-order valence-corrected chi connectivity index (χ4v) is 2.59. The zero-order chi connectivity index (χ0) is 10.1. The summed E-state index contributed by atoms with van der Waals surface area (Å²) in [5.41, 5.74) is 8.28. The summed E-state index contributed by atoms with van der Waals surface area (Å²) in [5, 5.41) is 12.5. The molecule has 1 aliphatic carbocycles. The van der Waals surface area contributed by atoms with E-state index in [0.717, 1.165) is 12.8 Å². The highest BCUT2D eigenvalue weighted by molar-refractivity contribution is 5.65. The standard InChI is InChI=1S/C8H12N4O2/c9-11-10-7-1-5-3-12(8(13)14)4-6(5)2-7/h5-7H,1-4H2,(H,13,14)/t5-,6?,7+/m0/s1. The maximum absolute atomic E-state index is 10.7. The highest BCUT2D eigenvalue weighted by Crippen LogP contribution is 2.39. The van der Waals surface area contributed by atoms with Gasteiger partial charge >= 0.3 is 6.09 Å². The van der Waals surface area contributed by atoms with E-state index in [9.17, 15) is 4.79 Å². The fraction of sp³-hybridized carbons (Fsp3) is 0.875. The Hall–Kier alpha value is -1.42. The van der Waals surface area contributed by atoms with Crippen molar-refractivity contribution in [2.24, 2.45) is 17.0 Å². The summed E-state index contributed by atoms with van der Waals surface area (Å²) in [6, 6.07) is 0.0888. The van der Waals surface area contributed by atoms with Crippen molar-refractivity contribution in [2.45, 2.75) is 18.9 Å². The second-order valence-corrected chi connectivity index (χ2v) is 4.04. The number of carbonyl (C=O) groups is 1. The number of likely N-dealkylation sites (tertiary alicyclic amines) is 1. The molecule has 2 rings (SSSR count). The van der Waals surface area contributed by atoms with Crippen LogP contribution in [0.4, 0.5) is 4.79 Å². The van der Waals surface area contributed by atoms with Crippen molar-refractivity contribution in [1.29, 1.82) is 0 Å². The molecule has 1 saturated carbocycles. The van der Waals surface area contributed by atoms with Crippen molar-refractivity contribution in [3.05, 3.63) is 10.4 Å². The zero-order valence-electron chi connectivity index (χ0n) is 7.70. The van der Waals surface area contributed by atoms with E-state index in [1.54, 1.807) is 0 Å². The minimum absolute atomic E-state index is 0.0888. The van der Waals surface area contributed by atoms with Gasteiger partial charge in [-0.25, -0.2) is 4.79 Å². The van der Waals surface area contributed by atoms with Crippen molar-refractivity contribution in [1.82, 2.24) is 4.90 Å². The molecule has 0 spiro atoms. The third-order valence-corrected chi connectivity index (χ3v) is 3.21. The van der Waals surface area contributed by atoms with Gasteiger partial charge in [0.15, 0.2) is 0 Å². The summed E-state index contributed by atoms with van der Waals surface area (Å²) in [6.45, 7) is 1.22. The average molecular weight is 196 g/mol. The molecule has 1 unspecified atom stereocenters. The number of azide groups is 1. The molecule has 3 atom stereocenters. The number of rotatable bonds is 1. The highest BCUT2D eigenvalue weighted by atomic mass is 16.4. The predicted octanol–water partition coefficient (Wildman–Crippen LogP) is 1.69. The van der Waals surface area contributed by atoms with E-state index in [2.05, 4.69) is 10.0 Å². The molecule has 6 heteroatoms. The van der Waals surface area contributed by atoms with Crippen LogP contribution in [0, 0.1) is 11.8 Å². The first-order valence-corrected chi connectivity index (χ1v) is 4.72. The van der Waals surface area contributed by atoms with E-state index in [4.69, 9.17) is 10.6 Å². The lowest BCUT2D eigenvalue weighted by atomic mass is 10.0. The van der Waals surface area contributed by atoms with Crippen LogP contribution in [0.1, 0.15) is 12.8 Å². The topological polar surface area (TPSA) is 89.3 Å². The lowest BCUT2D eigenvalue weighted by molar-refractivity contribution is 0.152. The van der Waals surface area contributed by atoms with Crippen molar-refractivity contribution in [3.8, 4) is 0 Å². The van der Waals surface area contributed by atoms with Crippen LogP contribution < -0.4 is 0 Å². The summed E-state index contributed by atoms with van der Waals surface area (Å²) in [6.07, 6.45) is 0.858. The van der Waals surface area contributed by atoms with Crippen molar-refractivity contribution in [2.75, 3.05) is 13.1 Å². The van der Waals surface area contributed by atoms with Gasteiger partial charge in [0.05, 0.1) is 0 Å². The van der Waals surface area contributed by atoms with Crippen LogP contribution in [-0.4, -0.2) is 35.2 Å². The Morgan fingerprint density at radius 1 is 1.43 bits per heavy atom. The van der Waals surface area contributed by atoms with Crippen LogP contribution in [0.25, 0.3) is 10.4 Å². The summed E-state index contributed by atoms with van der Waals surface area (Å²) < 4.78 is 0. The molecule has 6 nitrogen and oxygen atoms in total. The molecule has 1 aliphatic heterocycles. The monoisotopic (exact) mass is 196 g/mol. The molecular weight excluding hydrogens is 184 g/mol. The third-order valence-electron chi connectivity index (χ3n) is 3.21. The molecule has 1 N–H and O–H groups in total. The van der Waals surface area contributed by atoms with E-state index < -0.39 is 6.09 Å². The van der Waals surface area contributed by atoms with Gasteiger partial charge in [0.2, 0.25) is 0 Å². The van der Waals surface area contributed by atoms with Gasteiger partial charge in [-0.1, -0.05) is 5.11 Å². The highest BCUT2D eigenvalue weighted by Gasteiger charge is 2.41. The minimum atomic E-state index is -0.834. The number of amides is 1. The van der Waals surface area contributed by atoms with Crippen LogP contribution in [0.5, 0.6) is 0 Å². The largest absolute Gasteiger partial charge is 0.465 e. The van der Waals surface area contributed by atoms with E-state index in [1.165, 1.54) is 4.90 Å². The minimum Gasteiger partial charge on any atom is -0.465 e. The molecule has 0 bridgehead atoms. The smallest absolute Gasteiger partial charge is 0.407 e. The lowest BCUT2D eigenvalue weighted by Gasteiger charge is -2.13. The SMILES string of the molecule is [N-]=[N+]=N[C@H]1CC2CN(C(=O)O)C[C@@H]2C1. The number of hydrogen-bond acceptors (Lipinski definition) is 2. The first kappa shape index (κ1) is 9.15. The maximum Gasteiger partial charge on any atom is 0.407 e. The molecule has 1 amide bonds. The molecule has 2 fully saturated rings. The summed E-state index contributed by atoms with van der Waals surface area (Å²) in [5.74, 6) is 0.809. The summed E-state index contributed by atoms with van der Waals surface area (Å²) in [7, 11) is 0. The molecule has 14 heavy (non-hydrogen) atoms. The molecule has 0 aromatic heterocycles. The summed E-state index contributed by atoms with van der Waals surface area (Å²) >= 11 is 0. The maximum atomic E-state index is 10.7. The van der Waals surface area contributed by atoms with Crippen LogP contribution >= 0.6 is 0 Å². The second-order valence-electron chi connectivity index (χ2n) is 4.04. The Morgan fingerprint density at radius 2 is 2.00 bits per heavy atom. The number of fused-ring (bicyclic) bond motifs is 1. The van der Waals surface area contributed by atoms with Crippen molar-refractivity contribution in [3.63, 3.8) is 0 Å². The molecule has 0 aromatic rings. The average Bonchev–Trinajstić information content (AvgIpc) is 2.61. The van der Waals surface area contributed by atoms with Gasteiger partial charge in [0, 0.05) is 24.0 Å². The molecular formula is C8H12N4O2. The molecule has 1 saturated heterocycles. The van der Waals surface area contributed by atoms with Crippen molar-refractivity contribution >= 4 is 6.09 Å². The van der Waals surface area contributed by atoms with Gasteiger partial charge in [-0.2, -0.15) is 0 Å². The van der Waals surface area contributed by atoms with E-state index >= 15 is 0 Å². The van der Waals surface area contributed by atoms with E-state index in [0.29, 0.717) is 24.9 Å². The van der Waals surface area contributed by atoms with Crippen LogP contribution in [0.2, 0.25) is 0 Å². The number of carboxylic acid groups (broad SMARTS) is 1.